The quantitative estimate of drug-likeness (QED) is 0.401. The summed E-state index contributed by atoms with van der Waals surface area (Å²) in [5, 5.41) is 2.78. The second-order valence-corrected chi connectivity index (χ2v) is 6.47. The molecular weight excluding hydrogens is 441 g/mol. The zero-order valence-corrected chi connectivity index (χ0v) is 15.6. The van der Waals surface area contributed by atoms with Gasteiger partial charge in [0.25, 0.3) is 5.91 Å². The normalized spacial score (nSPS) is 11.5. The zero-order valence-electron chi connectivity index (χ0n) is 13.5. The van der Waals surface area contributed by atoms with Gasteiger partial charge in [-0.2, -0.15) is 0 Å². The van der Waals surface area contributed by atoms with Crippen molar-refractivity contribution < 1.29 is 18.4 Å². The van der Waals surface area contributed by atoms with E-state index in [-0.39, 0.29) is 11.3 Å². The van der Waals surface area contributed by atoms with E-state index in [1.807, 2.05) is 19.1 Å². The van der Waals surface area contributed by atoms with Crippen LogP contribution < -0.4 is 10.8 Å². The third-order valence-electron chi connectivity index (χ3n) is 3.35. The summed E-state index contributed by atoms with van der Waals surface area (Å²) in [6.07, 6.45) is 4.49. The maximum absolute atomic E-state index is 14.3. The predicted octanol–water partition coefficient (Wildman–Crippen LogP) is 4.30. The van der Waals surface area contributed by atoms with Crippen LogP contribution in [-0.2, 0) is 4.84 Å². The molecule has 0 aliphatic rings. The molecule has 1 amide bonds. The number of rotatable bonds is 5. The number of hydroxylamine groups is 1. The number of anilines is 2. The molecule has 1 unspecified atom stereocenters. The maximum atomic E-state index is 14.3. The van der Waals surface area contributed by atoms with E-state index in [0.29, 0.717) is 5.69 Å². The molecule has 2 N–H and O–H groups in total. The van der Waals surface area contributed by atoms with Crippen molar-refractivity contribution in [2.24, 2.45) is 0 Å². The molecule has 130 valence electrons. The van der Waals surface area contributed by atoms with Crippen LogP contribution in [0.4, 0.5) is 20.2 Å². The first-order valence-corrected chi connectivity index (χ1v) is 8.34. The SMILES string of the molecule is C#CC(C)ONC(=O)c1ccc(F)c(F)c1Nc1ccc(I)cc1C. The summed E-state index contributed by atoms with van der Waals surface area (Å²) in [4.78, 5) is 17.2. The Balaban J connectivity index is 2.37. The van der Waals surface area contributed by atoms with Crippen LogP contribution in [0.15, 0.2) is 30.3 Å². The highest BCUT2D eigenvalue weighted by Gasteiger charge is 2.20. The van der Waals surface area contributed by atoms with Crippen LogP contribution in [0.2, 0.25) is 0 Å². The van der Waals surface area contributed by atoms with Crippen molar-refractivity contribution in [1.82, 2.24) is 5.48 Å². The molecule has 2 aromatic carbocycles. The highest BCUT2D eigenvalue weighted by atomic mass is 127. The van der Waals surface area contributed by atoms with Gasteiger partial charge in [-0.1, -0.05) is 5.92 Å². The van der Waals surface area contributed by atoms with Gasteiger partial charge in [-0.25, -0.2) is 14.3 Å². The third kappa shape index (κ3) is 4.67. The summed E-state index contributed by atoms with van der Waals surface area (Å²) in [7, 11) is 0. The molecule has 1 atom stereocenters. The largest absolute Gasteiger partial charge is 0.352 e. The lowest BCUT2D eigenvalue weighted by Gasteiger charge is -2.16. The van der Waals surface area contributed by atoms with E-state index >= 15 is 0 Å². The first-order chi connectivity index (χ1) is 11.8. The Hall–Kier alpha value is -2.18. The molecule has 0 saturated carbocycles. The number of hydrogen-bond donors (Lipinski definition) is 2. The van der Waals surface area contributed by atoms with Crippen molar-refractivity contribution in [2.45, 2.75) is 20.0 Å². The molecule has 0 saturated heterocycles. The number of aryl methyl sites for hydroxylation is 1. The minimum atomic E-state index is -1.16. The van der Waals surface area contributed by atoms with Crippen molar-refractivity contribution in [3.63, 3.8) is 0 Å². The maximum Gasteiger partial charge on any atom is 0.277 e. The van der Waals surface area contributed by atoms with Crippen LogP contribution in [0.1, 0.15) is 22.8 Å². The molecule has 0 heterocycles. The van der Waals surface area contributed by atoms with Gasteiger partial charge in [-0.3, -0.25) is 9.63 Å². The van der Waals surface area contributed by atoms with Gasteiger partial charge in [0.05, 0.1) is 11.3 Å². The van der Waals surface area contributed by atoms with Gasteiger partial charge in [0.1, 0.15) is 6.10 Å². The standard InChI is InChI=1S/C18H15F2IN2O2/c1-4-11(3)25-23-18(24)13-6-7-14(19)16(20)17(13)22-15-8-5-12(21)9-10(15)2/h1,5-9,11,22H,2-3H3,(H,23,24). The average Bonchev–Trinajstić information content (AvgIpc) is 2.58. The van der Waals surface area contributed by atoms with Crippen LogP contribution in [0.25, 0.3) is 0 Å². The summed E-state index contributed by atoms with van der Waals surface area (Å²) in [6.45, 7) is 3.37. The molecule has 0 spiro atoms. The van der Waals surface area contributed by atoms with Crippen LogP contribution >= 0.6 is 22.6 Å². The Kier molecular flexibility index (Phi) is 6.33. The number of halogens is 3. The van der Waals surface area contributed by atoms with Gasteiger partial charge in [0, 0.05) is 9.26 Å². The molecule has 0 fully saturated rings. The fourth-order valence-corrected chi connectivity index (χ4v) is 2.64. The second-order valence-electron chi connectivity index (χ2n) is 5.23. The Bertz CT molecular complexity index is 850. The molecule has 25 heavy (non-hydrogen) atoms. The predicted molar refractivity (Wildman–Crippen MR) is 100 cm³/mol. The minimum Gasteiger partial charge on any atom is -0.352 e. The summed E-state index contributed by atoms with van der Waals surface area (Å²) in [5.74, 6) is -0.698. The van der Waals surface area contributed by atoms with E-state index in [4.69, 9.17) is 11.3 Å². The summed E-state index contributed by atoms with van der Waals surface area (Å²) in [5.41, 5.74) is 3.12. The Morgan fingerprint density at radius 1 is 1.32 bits per heavy atom. The molecule has 0 radical (unpaired) electrons. The monoisotopic (exact) mass is 456 g/mol. The molecule has 7 heteroatoms. The molecule has 4 nitrogen and oxygen atoms in total. The number of amides is 1. The summed E-state index contributed by atoms with van der Waals surface area (Å²) in [6, 6.07) is 7.45. The topological polar surface area (TPSA) is 50.4 Å². The van der Waals surface area contributed by atoms with Gasteiger partial charge in [-0.15, -0.1) is 6.42 Å². The van der Waals surface area contributed by atoms with E-state index in [2.05, 4.69) is 39.3 Å². The third-order valence-corrected chi connectivity index (χ3v) is 4.02. The average molecular weight is 456 g/mol. The molecule has 0 aromatic heterocycles. The van der Waals surface area contributed by atoms with Crippen LogP contribution in [-0.4, -0.2) is 12.0 Å². The van der Waals surface area contributed by atoms with Gasteiger partial charge < -0.3 is 5.32 Å². The summed E-state index contributed by atoms with van der Waals surface area (Å²) < 4.78 is 28.9. The summed E-state index contributed by atoms with van der Waals surface area (Å²) >= 11 is 2.14. The lowest BCUT2D eigenvalue weighted by molar-refractivity contribution is 0.0147. The van der Waals surface area contributed by atoms with Crippen molar-refractivity contribution in [3.05, 3.63) is 56.7 Å². The number of terminal acetylenes is 1. The molecular formula is C18H15F2IN2O2. The lowest BCUT2D eigenvalue weighted by Crippen LogP contribution is -2.28. The molecule has 0 aliphatic carbocycles. The number of carbonyl (C=O) groups is 1. The Morgan fingerprint density at radius 3 is 2.68 bits per heavy atom. The van der Waals surface area contributed by atoms with Crippen LogP contribution in [0.3, 0.4) is 0 Å². The van der Waals surface area contributed by atoms with Crippen molar-refractivity contribution >= 4 is 39.9 Å². The smallest absolute Gasteiger partial charge is 0.277 e. The van der Waals surface area contributed by atoms with E-state index in [1.54, 1.807) is 13.0 Å². The van der Waals surface area contributed by atoms with E-state index in [0.717, 1.165) is 15.2 Å². The van der Waals surface area contributed by atoms with E-state index in [1.165, 1.54) is 6.07 Å². The van der Waals surface area contributed by atoms with Gasteiger partial charge in [0.15, 0.2) is 11.6 Å². The van der Waals surface area contributed by atoms with Crippen LogP contribution in [0.5, 0.6) is 0 Å². The number of benzene rings is 2. The molecule has 2 aromatic rings. The van der Waals surface area contributed by atoms with E-state index < -0.39 is 23.6 Å². The first kappa shape index (κ1) is 19.1. The highest BCUT2D eigenvalue weighted by Crippen LogP contribution is 2.28. The molecule has 0 bridgehead atoms. The first-order valence-electron chi connectivity index (χ1n) is 7.26. The second kappa shape index (κ2) is 8.27. The Labute approximate surface area is 158 Å². The van der Waals surface area contributed by atoms with Crippen LogP contribution in [0, 0.1) is 34.5 Å². The van der Waals surface area contributed by atoms with Gasteiger partial charge >= 0.3 is 0 Å². The fraction of sp³-hybridized carbons (Fsp3) is 0.167. The highest BCUT2D eigenvalue weighted by molar-refractivity contribution is 14.1. The van der Waals surface area contributed by atoms with Crippen molar-refractivity contribution in [2.75, 3.05) is 5.32 Å². The number of nitrogens with one attached hydrogen (secondary N) is 2. The Morgan fingerprint density at radius 2 is 2.04 bits per heavy atom. The molecule has 0 aliphatic heterocycles. The number of hydrogen-bond acceptors (Lipinski definition) is 3. The van der Waals surface area contributed by atoms with Gasteiger partial charge in [-0.05, 0) is 72.3 Å². The lowest BCUT2D eigenvalue weighted by atomic mass is 10.1. The number of carbonyl (C=O) groups excluding carboxylic acids is 1. The molecule has 2 rings (SSSR count). The van der Waals surface area contributed by atoms with Gasteiger partial charge in [0.2, 0.25) is 0 Å². The fourth-order valence-electron chi connectivity index (χ4n) is 1.99. The van der Waals surface area contributed by atoms with E-state index in [9.17, 15) is 13.6 Å². The van der Waals surface area contributed by atoms with Crippen molar-refractivity contribution in [3.8, 4) is 12.3 Å². The minimum absolute atomic E-state index is 0.110. The zero-order chi connectivity index (χ0) is 18.6. The van der Waals surface area contributed by atoms with Crippen molar-refractivity contribution in [1.29, 1.82) is 0 Å².